The van der Waals surface area contributed by atoms with E-state index in [1.165, 1.54) is 4.90 Å². The fraction of sp³-hybridized carbons (Fsp3) is 0.640. The van der Waals surface area contributed by atoms with Gasteiger partial charge in [-0.05, 0) is 58.1 Å². The second-order valence-electron chi connectivity index (χ2n) is 9.78. The lowest BCUT2D eigenvalue weighted by molar-refractivity contribution is -0.144. The molecular weight excluding hydrogens is 422 g/mol. The van der Waals surface area contributed by atoms with E-state index in [1.807, 2.05) is 45.0 Å². The third kappa shape index (κ3) is 9.04. The number of rotatable bonds is 10. The molecule has 0 spiro atoms. The summed E-state index contributed by atoms with van der Waals surface area (Å²) in [4.78, 5) is 40.7. The van der Waals surface area contributed by atoms with Crippen molar-refractivity contribution in [3.05, 3.63) is 35.4 Å². The van der Waals surface area contributed by atoms with Crippen molar-refractivity contribution < 1.29 is 24.2 Å². The number of ether oxygens (including phenoxy) is 1. The normalized spacial score (nSPS) is 13.4. The summed E-state index contributed by atoms with van der Waals surface area (Å²) in [5, 5.41) is 15.3. The average Bonchev–Trinajstić information content (AvgIpc) is 2.69. The van der Waals surface area contributed by atoms with Gasteiger partial charge in [-0.2, -0.15) is 0 Å². The number of benzene rings is 1. The van der Waals surface area contributed by atoms with Gasteiger partial charge in [0.2, 0.25) is 11.8 Å². The Bertz CT molecular complexity index is 784. The summed E-state index contributed by atoms with van der Waals surface area (Å²) in [5.74, 6) is -1.09. The minimum atomic E-state index is -0.959. The van der Waals surface area contributed by atoms with Crippen LogP contribution in [0.3, 0.4) is 0 Å². The molecule has 1 aromatic carbocycles. The van der Waals surface area contributed by atoms with E-state index in [4.69, 9.17) is 4.74 Å². The Morgan fingerprint density at radius 3 is 2.03 bits per heavy atom. The van der Waals surface area contributed by atoms with E-state index in [-0.39, 0.29) is 31.0 Å². The van der Waals surface area contributed by atoms with Crippen molar-refractivity contribution in [1.29, 1.82) is 0 Å². The summed E-state index contributed by atoms with van der Waals surface area (Å²) in [6.45, 7) is 14.1. The molecule has 8 nitrogen and oxygen atoms in total. The molecule has 2 unspecified atom stereocenters. The molecule has 0 aromatic heterocycles. The Morgan fingerprint density at radius 1 is 1.03 bits per heavy atom. The first kappa shape index (κ1) is 28.4. The molecule has 0 aliphatic heterocycles. The summed E-state index contributed by atoms with van der Waals surface area (Å²) in [5.41, 5.74) is 1.01. The quantitative estimate of drug-likeness (QED) is 0.494. The lowest BCUT2D eigenvalue weighted by Gasteiger charge is -2.35. The van der Waals surface area contributed by atoms with Crippen molar-refractivity contribution in [3.8, 4) is 0 Å². The van der Waals surface area contributed by atoms with E-state index >= 15 is 0 Å². The molecule has 3 N–H and O–H groups in total. The summed E-state index contributed by atoms with van der Waals surface area (Å²) >= 11 is 0. The molecule has 0 aliphatic carbocycles. The average molecular weight is 464 g/mol. The van der Waals surface area contributed by atoms with E-state index < -0.39 is 29.7 Å². The van der Waals surface area contributed by atoms with Gasteiger partial charge in [-0.25, -0.2) is 4.79 Å². The number of carbonyl (C=O) groups excluding carboxylic acids is 3. The third-order valence-corrected chi connectivity index (χ3v) is 4.92. The van der Waals surface area contributed by atoms with Crippen LogP contribution in [0.5, 0.6) is 0 Å². The third-order valence-electron chi connectivity index (χ3n) is 4.92. The van der Waals surface area contributed by atoms with Gasteiger partial charge >= 0.3 is 6.09 Å². The molecule has 0 bridgehead atoms. The van der Waals surface area contributed by atoms with Gasteiger partial charge in [-0.3, -0.25) is 9.59 Å². The van der Waals surface area contributed by atoms with Gasteiger partial charge in [0.05, 0.1) is 6.61 Å². The largest absolute Gasteiger partial charge is 0.444 e. The Kier molecular flexibility index (Phi) is 10.8. The summed E-state index contributed by atoms with van der Waals surface area (Å²) in [6.07, 6.45) is 0.131. The summed E-state index contributed by atoms with van der Waals surface area (Å²) in [7, 11) is 0. The lowest BCUT2D eigenvalue weighted by Crippen LogP contribution is -2.55. The van der Waals surface area contributed by atoms with E-state index in [2.05, 4.69) is 10.6 Å². The highest BCUT2D eigenvalue weighted by Gasteiger charge is 2.37. The van der Waals surface area contributed by atoms with Crippen molar-refractivity contribution in [2.75, 3.05) is 13.2 Å². The van der Waals surface area contributed by atoms with Crippen LogP contribution in [0.15, 0.2) is 24.3 Å². The molecule has 1 rings (SSSR count). The first-order valence-corrected chi connectivity index (χ1v) is 11.6. The SMILES string of the molecule is CCc1ccc(C(C(=O)NC(C)C)N(CCO)C(=O)C(NC(=O)OC(C)(C)C)C(C)C)cc1. The van der Waals surface area contributed by atoms with Gasteiger partial charge in [0, 0.05) is 12.6 Å². The smallest absolute Gasteiger partial charge is 0.408 e. The number of nitrogens with zero attached hydrogens (tertiary/aromatic N) is 1. The molecule has 0 saturated carbocycles. The van der Waals surface area contributed by atoms with Crippen LogP contribution in [0.4, 0.5) is 4.79 Å². The molecule has 3 amide bonds. The zero-order valence-corrected chi connectivity index (χ0v) is 21.3. The highest BCUT2D eigenvalue weighted by Crippen LogP contribution is 2.24. The highest BCUT2D eigenvalue weighted by atomic mass is 16.6. The summed E-state index contributed by atoms with van der Waals surface area (Å²) < 4.78 is 5.33. The van der Waals surface area contributed by atoms with Crippen LogP contribution >= 0.6 is 0 Å². The first-order chi connectivity index (χ1) is 15.3. The number of carbonyl (C=O) groups is 3. The minimum absolute atomic E-state index is 0.0657. The lowest BCUT2D eigenvalue weighted by atomic mass is 9.97. The molecule has 33 heavy (non-hydrogen) atoms. The number of hydrogen-bond donors (Lipinski definition) is 3. The molecule has 2 atom stereocenters. The van der Waals surface area contributed by atoms with Crippen molar-refractivity contribution in [2.45, 2.75) is 85.5 Å². The molecule has 0 fully saturated rings. The Labute approximate surface area is 198 Å². The number of aliphatic hydroxyl groups excluding tert-OH is 1. The molecule has 0 aliphatic rings. The zero-order valence-electron chi connectivity index (χ0n) is 21.3. The van der Waals surface area contributed by atoms with Gasteiger partial charge in [0.15, 0.2) is 0 Å². The Hall–Kier alpha value is -2.61. The molecule has 0 radical (unpaired) electrons. The predicted molar refractivity (Wildman–Crippen MR) is 129 cm³/mol. The zero-order chi connectivity index (χ0) is 25.3. The second-order valence-corrected chi connectivity index (χ2v) is 9.78. The number of aryl methyl sites for hydroxylation is 1. The molecule has 1 aromatic rings. The van der Waals surface area contributed by atoms with Gasteiger partial charge < -0.3 is 25.4 Å². The standard InChI is InChI=1S/C25H41N3O5/c1-9-18-10-12-19(13-11-18)21(22(30)26-17(4)5)28(14-15-29)23(31)20(16(2)3)27-24(32)33-25(6,7)8/h10-13,16-17,20-21,29H,9,14-15H2,1-8H3,(H,26,30)(H,27,32). The minimum Gasteiger partial charge on any atom is -0.444 e. The van der Waals surface area contributed by atoms with E-state index in [9.17, 15) is 19.5 Å². The van der Waals surface area contributed by atoms with Crippen molar-refractivity contribution in [3.63, 3.8) is 0 Å². The molecule has 8 heteroatoms. The maximum Gasteiger partial charge on any atom is 0.408 e. The maximum absolute atomic E-state index is 13.7. The molecule has 0 heterocycles. The Balaban J connectivity index is 3.38. The van der Waals surface area contributed by atoms with Crippen LogP contribution in [0.25, 0.3) is 0 Å². The topological polar surface area (TPSA) is 108 Å². The van der Waals surface area contributed by atoms with E-state index in [1.54, 1.807) is 34.6 Å². The number of amides is 3. The predicted octanol–water partition coefficient (Wildman–Crippen LogP) is 3.18. The fourth-order valence-electron chi connectivity index (χ4n) is 3.37. The van der Waals surface area contributed by atoms with Crippen LogP contribution in [0.1, 0.15) is 72.6 Å². The number of hydrogen-bond acceptors (Lipinski definition) is 5. The van der Waals surface area contributed by atoms with E-state index in [0.717, 1.165) is 12.0 Å². The van der Waals surface area contributed by atoms with Gasteiger partial charge in [-0.1, -0.05) is 45.0 Å². The Morgan fingerprint density at radius 2 is 1.61 bits per heavy atom. The van der Waals surface area contributed by atoms with Crippen LogP contribution in [-0.2, 0) is 20.7 Å². The first-order valence-electron chi connectivity index (χ1n) is 11.6. The van der Waals surface area contributed by atoms with Gasteiger partial charge in [-0.15, -0.1) is 0 Å². The summed E-state index contributed by atoms with van der Waals surface area (Å²) in [6, 6.07) is 5.47. The molecule has 0 saturated heterocycles. The van der Waals surface area contributed by atoms with Crippen LogP contribution in [-0.4, -0.2) is 58.8 Å². The monoisotopic (exact) mass is 463 g/mol. The molecule has 186 valence electrons. The molecular formula is C25H41N3O5. The number of alkyl carbamates (subject to hydrolysis) is 1. The van der Waals surface area contributed by atoms with Gasteiger partial charge in [0.1, 0.15) is 17.7 Å². The van der Waals surface area contributed by atoms with Gasteiger partial charge in [0.25, 0.3) is 0 Å². The maximum atomic E-state index is 13.7. The highest BCUT2D eigenvalue weighted by molar-refractivity contribution is 5.92. The van der Waals surface area contributed by atoms with Crippen LogP contribution < -0.4 is 10.6 Å². The number of nitrogens with one attached hydrogen (secondary N) is 2. The van der Waals surface area contributed by atoms with Crippen LogP contribution in [0.2, 0.25) is 0 Å². The second kappa shape index (κ2) is 12.6. The van der Waals surface area contributed by atoms with Crippen molar-refractivity contribution >= 4 is 17.9 Å². The number of aliphatic hydroxyl groups is 1. The van der Waals surface area contributed by atoms with Crippen molar-refractivity contribution in [1.82, 2.24) is 15.5 Å². The fourth-order valence-corrected chi connectivity index (χ4v) is 3.37. The van der Waals surface area contributed by atoms with Crippen molar-refractivity contribution in [2.24, 2.45) is 5.92 Å². The van der Waals surface area contributed by atoms with E-state index in [0.29, 0.717) is 5.56 Å². The van der Waals surface area contributed by atoms with Crippen LogP contribution in [0, 0.1) is 5.92 Å².